The van der Waals surface area contributed by atoms with Crippen molar-refractivity contribution in [1.29, 1.82) is 0 Å². The molecule has 0 aromatic carbocycles. The Morgan fingerprint density at radius 1 is 1.26 bits per heavy atom. The molecule has 2 heterocycles. The molecule has 1 amide bonds. The predicted octanol–water partition coefficient (Wildman–Crippen LogP) is 0.0782. The summed E-state index contributed by atoms with van der Waals surface area (Å²) in [7, 11) is 0. The van der Waals surface area contributed by atoms with E-state index in [2.05, 4.69) is 5.32 Å². The lowest BCUT2D eigenvalue weighted by Crippen LogP contribution is -2.60. The topological polar surface area (TPSA) is 78.9 Å². The third kappa shape index (κ3) is 3.06. The fourth-order valence-corrected chi connectivity index (χ4v) is 2.37. The number of nitrogens with zero attached hydrogens (tertiary/aromatic N) is 1. The van der Waals surface area contributed by atoms with E-state index >= 15 is 0 Å². The molecule has 0 aliphatic carbocycles. The first-order chi connectivity index (χ1) is 8.85. The Kier molecular flexibility index (Phi) is 3.82. The summed E-state index contributed by atoms with van der Waals surface area (Å²) in [5, 5.41) is 12.2. The maximum atomic E-state index is 12.0. The molecule has 0 bridgehead atoms. The molecule has 108 valence electrons. The van der Waals surface area contributed by atoms with Crippen LogP contribution in [0.5, 0.6) is 0 Å². The van der Waals surface area contributed by atoms with E-state index in [4.69, 9.17) is 9.84 Å². The quantitative estimate of drug-likeness (QED) is 0.756. The maximum Gasteiger partial charge on any atom is 0.309 e. The van der Waals surface area contributed by atoms with Crippen LogP contribution in [0.4, 0.5) is 0 Å². The minimum atomic E-state index is -0.774. The van der Waals surface area contributed by atoms with Gasteiger partial charge in [-0.05, 0) is 26.7 Å². The van der Waals surface area contributed by atoms with Crippen LogP contribution in [0, 0.1) is 5.41 Å². The SMILES string of the molecule is CC1(OCC(=O)N2CCC(C)(C(=O)O)CC2)CNC1. The van der Waals surface area contributed by atoms with Crippen molar-refractivity contribution in [2.75, 3.05) is 32.8 Å². The van der Waals surface area contributed by atoms with Gasteiger partial charge in [0.15, 0.2) is 0 Å². The first-order valence-corrected chi connectivity index (χ1v) is 6.71. The Hall–Kier alpha value is -1.14. The fourth-order valence-electron chi connectivity index (χ4n) is 2.37. The van der Waals surface area contributed by atoms with Crippen molar-refractivity contribution in [3.8, 4) is 0 Å². The monoisotopic (exact) mass is 270 g/mol. The Balaban J connectivity index is 1.77. The first-order valence-electron chi connectivity index (χ1n) is 6.71. The fraction of sp³-hybridized carbons (Fsp3) is 0.846. The number of amides is 1. The highest BCUT2D eigenvalue weighted by atomic mass is 16.5. The number of carbonyl (C=O) groups is 2. The van der Waals surface area contributed by atoms with Crippen molar-refractivity contribution < 1.29 is 19.4 Å². The number of hydrogen-bond acceptors (Lipinski definition) is 4. The number of aliphatic carboxylic acids is 1. The molecule has 0 radical (unpaired) electrons. The summed E-state index contributed by atoms with van der Waals surface area (Å²) in [4.78, 5) is 24.8. The average molecular weight is 270 g/mol. The number of carbonyl (C=O) groups excluding carboxylic acids is 1. The smallest absolute Gasteiger partial charge is 0.309 e. The maximum absolute atomic E-state index is 12.0. The molecule has 0 spiro atoms. The molecule has 0 aromatic rings. The number of piperidine rings is 1. The lowest BCUT2D eigenvalue weighted by atomic mass is 9.80. The molecular formula is C13H22N2O4. The number of likely N-dealkylation sites (tertiary alicyclic amines) is 1. The Labute approximate surface area is 113 Å². The molecule has 0 saturated carbocycles. The highest BCUT2D eigenvalue weighted by Crippen LogP contribution is 2.31. The van der Waals surface area contributed by atoms with E-state index in [0.29, 0.717) is 25.9 Å². The van der Waals surface area contributed by atoms with Gasteiger partial charge in [-0.15, -0.1) is 0 Å². The zero-order valence-electron chi connectivity index (χ0n) is 11.6. The number of hydrogen-bond donors (Lipinski definition) is 2. The second kappa shape index (κ2) is 5.09. The average Bonchev–Trinajstić information content (AvgIpc) is 2.34. The van der Waals surface area contributed by atoms with E-state index in [0.717, 1.165) is 13.1 Å². The van der Waals surface area contributed by atoms with E-state index in [9.17, 15) is 9.59 Å². The highest BCUT2D eigenvalue weighted by Gasteiger charge is 2.39. The molecule has 2 N–H and O–H groups in total. The van der Waals surface area contributed by atoms with Gasteiger partial charge in [0.25, 0.3) is 0 Å². The standard InChI is InChI=1S/C13H22N2O4/c1-12(11(17)18)3-5-15(6-4-12)10(16)7-19-13(2)8-14-9-13/h14H,3-9H2,1-2H3,(H,17,18). The van der Waals surface area contributed by atoms with Gasteiger partial charge in [-0.1, -0.05) is 0 Å². The van der Waals surface area contributed by atoms with Crippen LogP contribution in [0.2, 0.25) is 0 Å². The molecule has 6 nitrogen and oxygen atoms in total. The van der Waals surface area contributed by atoms with Crippen LogP contribution in [0.15, 0.2) is 0 Å². The van der Waals surface area contributed by atoms with E-state index < -0.39 is 11.4 Å². The zero-order chi connectivity index (χ0) is 14.1. The summed E-state index contributed by atoms with van der Waals surface area (Å²) in [6.07, 6.45) is 1.01. The van der Waals surface area contributed by atoms with Crippen molar-refractivity contribution in [2.24, 2.45) is 5.41 Å². The molecule has 19 heavy (non-hydrogen) atoms. The van der Waals surface area contributed by atoms with Crippen LogP contribution >= 0.6 is 0 Å². The summed E-state index contributed by atoms with van der Waals surface area (Å²) in [5.41, 5.74) is -0.914. The minimum absolute atomic E-state index is 0.0411. The summed E-state index contributed by atoms with van der Waals surface area (Å²) in [5.74, 6) is -0.815. The van der Waals surface area contributed by atoms with E-state index in [1.807, 2.05) is 6.92 Å². The highest BCUT2D eigenvalue weighted by molar-refractivity contribution is 5.79. The minimum Gasteiger partial charge on any atom is -0.481 e. The first kappa shape index (κ1) is 14.3. The van der Waals surface area contributed by atoms with Gasteiger partial charge in [0.05, 0.1) is 11.0 Å². The van der Waals surface area contributed by atoms with E-state index in [1.54, 1.807) is 11.8 Å². The van der Waals surface area contributed by atoms with Crippen LogP contribution in [-0.4, -0.2) is 60.3 Å². The number of carboxylic acids is 1. The number of nitrogens with one attached hydrogen (secondary N) is 1. The lowest BCUT2D eigenvalue weighted by molar-refractivity contribution is -0.156. The van der Waals surface area contributed by atoms with Crippen molar-refractivity contribution in [1.82, 2.24) is 10.2 Å². The van der Waals surface area contributed by atoms with Crippen LogP contribution in [0.3, 0.4) is 0 Å². The van der Waals surface area contributed by atoms with Gasteiger partial charge in [0.2, 0.25) is 5.91 Å². The zero-order valence-corrected chi connectivity index (χ0v) is 11.6. The number of ether oxygens (including phenoxy) is 1. The van der Waals surface area contributed by atoms with Gasteiger partial charge in [-0.25, -0.2) is 0 Å². The molecular weight excluding hydrogens is 248 g/mol. The Morgan fingerprint density at radius 2 is 1.84 bits per heavy atom. The van der Waals surface area contributed by atoms with Gasteiger partial charge in [0, 0.05) is 26.2 Å². The van der Waals surface area contributed by atoms with Gasteiger partial charge in [-0.3, -0.25) is 9.59 Å². The van der Waals surface area contributed by atoms with Crippen LogP contribution in [0.25, 0.3) is 0 Å². The molecule has 0 aromatic heterocycles. The summed E-state index contributed by atoms with van der Waals surface area (Å²) in [6.45, 7) is 6.36. The van der Waals surface area contributed by atoms with Crippen molar-refractivity contribution in [2.45, 2.75) is 32.3 Å². The molecule has 0 atom stereocenters. The van der Waals surface area contributed by atoms with Crippen molar-refractivity contribution >= 4 is 11.9 Å². The Morgan fingerprint density at radius 3 is 2.26 bits per heavy atom. The summed E-state index contributed by atoms with van der Waals surface area (Å²) >= 11 is 0. The molecule has 2 aliphatic rings. The summed E-state index contributed by atoms with van der Waals surface area (Å²) < 4.78 is 5.61. The van der Waals surface area contributed by atoms with Gasteiger partial charge in [-0.2, -0.15) is 0 Å². The number of carboxylic acid groups (broad SMARTS) is 1. The van der Waals surface area contributed by atoms with E-state index in [-0.39, 0.29) is 18.1 Å². The number of rotatable bonds is 4. The van der Waals surface area contributed by atoms with Crippen LogP contribution in [0.1, 0.15) is 26.7 Å². The third-order valence-electron chi connectivity index (χ3n) is 4.28. The van der Waals surface area contributed by atoms with Crippen molar-refractivity contribution in [3.63, 3.8) is 0 Å². The van der Waals surface area contributed by atoms with E-state index in [1.165, 1.54) is 0 Å². The lowest BCUT2D eigenvalue weighted by Gasteiger charge is -2.40. The second-order valence-corrected chi connectivity index (χ2v) is 6.09. The molecule has 6 heteroatoms. The Bertz CT molecular complexity index is 371. The van der Waals surface area contributed by atoms with Crippen LogP contribution < -0.4 is 5.32 Å². The third-order valence-corrected chi connectivity index (χ3v) is 4.28. The summed E-state index contributed by atoms with van der Waals surface area (Å²) in [6, 6.07) is 0. The van der Waals surface area contributed by atoms with Gasteiger partial charge >= 0.3 is 5.97 Å². The van der Waals surface area contributed by atoms with Gasteiger partial charge in [0.1, 0.15) is 6.61 Å². The molecule has 0 unspecified atom stereocenters. The second-order valence-electron chi connectivity index (χ2n) is 6.09. The van der Waals surface area contributed by atoms with Gasteiger partial charge < -0.3 is 20.1 Å². The normalized spacial score (nSPS) is 24.6. The molecule has 2 saturated heterocycles. The van der Waals surface area contributed by atoms with Crippen LogP contribution in [-0.2, 0) is 14.3 Å². The van der Waals surface area contributed by atoms with Crippen molar-refractivity contribution in [3.05, 3.63) is 0 Å². The largest absolute Gasteiger partial charge is 0.481 e. The molecule has 2 rings (SSSR count). The molecule has 2 fully saturated rings. The predicted molar refractivity (Wildman–Crippen MR) is 68.8 cm³/mol. The molecule has 2 aliphatic heterocycles.